The summed E-state index contributed by atoms with van der Waals surface area (Å²) >= 11 is 0. The van der Waals surface area contributed by atoms with Crippen molar-refractivity contribution in [2.45, 2.75) is 19.3 Å². The third-order valence-corrected chi connectivity index (χ3v) is 4.22. The van der Waals surface area contributed by atoms with Crippen LogP contribution in [0.25, 0.3) is 0 Å². The van der Waals surface area contributed by atoms with Gasteiger partial charge < -0.3 is 15.7 Å². The van der Waals surface area contributed by atoms with Crippen molar-refractivity contribution in [2.24, 2.45) is 11.3 Å². The maximum Gasteiger partial charge on any atom is 0.228 e. The Morgan fingerprint density at radius 3 is 2.79 bits per heavy atom. The molecular formula is C14H19ClN2O2. The molecule has 2 fully saturated rings. The Kier molecular flexibility index (Phi) is 4.02. The van der Waals surface area contributed by atoms with Gasteiger partial charge >= 0.3 is 0 Å². The van der Waals surface area contributed by atoms with Gasteiger partial charge in [-0.15, -0.1) is 12.4 Å². The lowest BCUT2D eigenvalue weighted by Gasteiger charge is -2.23. The average molecular weight is 283 g/mol. The van der Waals surface area contributed by atoms with E-state index in [0.717, 1.165) is 32.4 Å². The molecule has 1 unspecified atom stereocenters. The van der Waals surface area contributed by atoms with E-state index >= 15 is 0 Å². The van der Waals surface area contributed by atoms with Crippen molar-refractivity contribution in [3.8, 4) is 5.75 Å². The quantitative estimate of drug-likeness (QED) is 0.779. The van der Waals surface area contributed by atoms with Gasteiger partial charge in [0.1, 0.15) is 5.75 Å². The summed E-state index contributed by atoms with van der Waals surface area (Å²) in [6, 6.07) is 6.71. The van der Waals surface area contributed by atoms with Crippen LogP contribution in [0.2, 0.25) is 0 Å². The molecule has 104 valence electrons. The van der Waals surface area contributed by atoms with E-state index in [4.69, 9.17) is 0 Å². The van der Waals surface area contributed by atoms with Crippen LogP contribution in [-0.2, 0) is 4.79 Å². The molecule has 4 nitrogen and oxygen atoms in total. The van der Waals surface area contributed by atoms with Crippen molar-refractivity contribution in [1.29, 1.82) is 0 Å². The van der Waals surface area contributed by atoms with Crippen LogP contribution in [0.15, 0.2) is 24.3 Å². The number of phenols is 1. The number of amides is 1. The number of phenolic OH excluding ortho intramolecular Hbond substituents is 1. The van der Waals surface area contributed by atoms with E-state index in [0.29, 0.717) is 5.69 Å². The molecule has 0 radical (unpaired) electrons. The largest absolute Gasteiger partial charge is 0.508 e. The number of anilines is 1. The van der Waals surface area contributed by atoms with E-state index in [2.05, 4.69) is 10.6 Å². The Hall–Kier alpha value is -1.26. The molecule has 1 aromatic rings. The monoisotopic (exact) mass is 282 g/mol. The van der Waals surface area contributed by atoms with Crippen LogP contribution in [0.1, 0.15) is 19.3 Å². The van der Waals surface area contributed by atoms with Gasteiger partial charge in [-0.05, 0) is 49.9 Å². The standard InChI is InChI=1S/C14H18N2O2.ClH/c17-11-3-1-2-10(8-11)16-13(18)12-9-14(12)4-6-15-7-5-14;/h1-3,8,12,15,17H,4-7,9H2,(H,16,18);1H. The summed E-state index contributed by atoms with van der Waals surface area (Å²) < 4.78 is 0. The van der Waals surface area contributed by atoms with Gasteiger partial charge in [-0.25, -0.2) is 0 Å². The lowest BCUT2D eigenvalue weighted by molar-refractivity contribution is -0.118. The SMILES string of the molecule is Cl.O=C(Nc1cccc(O)c1)C1CC12CCNCC2. The molecule has 1 saturated heterocycles. The zero-order valence-corrected chi connectivity index (χ0v) is 11.5. The number of hydrogen-bond donors (Lipinski definition) is 3. The van der Waals surface area contributed by atoms with E-state index in [-0.39, 0.29) is 35.4 Å². The Morgan fingerprint density at radius 1 is 1.37 bits per heavy atom. The lowest BCUT2D eigenvalue weighted by atomic mass is 9.92. The number of rotatable bonds is 2. The molecule has 1 aliphatic heterocycles. The van der Waals surface area contributed by atoms with Crippen LogP contribution in [0.5, 0.6) is 5.75 Å². The summed E-state index contributed by atoms with van der Waals surface area (Å²) in [6.07, 6.45) is 3.22. The van der Waals surface area contributed by atoms with E-state index in [1.54, 1.807) is 24.3 Å². The topological polar surface area (TPSA) is 61.4 Å². The number of nitrogens with one attached hydrogen (secondary N) is 2. The zero-order valence-electron chi connectivity index (χ0n) is 10.7. The molecule has 1 atom stereocenters. The van der Waals surface area contributed by atoms with Gasteiger partial charge in [-0.1, -0.05) is 6.07 Å². The zero-order chi connectivity index (χ0) is 12.6. The molecule has 3 N–H and O–H groups in total. The van der Waals surface area contributed by atoms with E-state index in [1.807, 2.05) is 0 Å². The molecule has 3 rings (SSSR count). The minimum Gasteiger partial charge on any atom is -0.508 e. The van der Waals surface area contributed by atoms with Crippen LogP contribution >= 0.6 is 12.4 Å². The molecule has 5 heteroatoms. The van der Waals surface area contributed by atoms with Crippen molar-refractivity contribution in [3.05, 3.63) is 24.3 Å². The van der Waals surface area contributed by atoms with Crippen molar-refractivity contribution in [3.63, 3.8) is 0 Å². The molecule has 0 bridgehead atoms. The fraction of sp³-hybridized carbons (Fsp3) is 0.500. The summed E-state index contributed by atoms with van der Waals surface area (Å²) in [5.41, 5.74) is 0.933. The Labute approximate surface area is 119 Å². The number of carbonyl (C=O) groups excluding carboxylic acids is 1. The summed E-state index contributed by atoms with van der Waals surface area (Å²) in [5, 5.41) is 15.6. The number of hydrogen-bond acceptors (Lipinski definition) is 3. The van der Waals surface area contributed by atoms with Crippen LogP contribution in [0.3, 0.4) is 0 Å². The number of carbonyl (C=O) groups is 1. The summed E-state index contributed by atoms with van der Waals surface area (Å²) in [6.45, 7) is 2.05. The van der Waals surface area contributed by atoms with Gasteiger partial charge in [-0.2, -0.15) is 0 Å². The first-order chi connectivity index (χ1) is 8.70. The van der Waals surface area contributed by atoms with E-state index in [1.165, 1.54) is 0 Å². The summed E-state index contributed by atoms with van der Waals surface area (Å²) in [4.78, 5) is 12.1. The molecule has 1 spiro atoms. The van der Waals surface area contributed by atoms with Crippen molar-refractivity contribution >= 4 is 24.0 Å². The molecule has 2 aliphatic rings. The highest BCUT2D eigenvalue weighted by atomic mass is 35.5. The molecular weight excluding hydrogens is 264 g/mol. The number of benzene rings is 1. The predicted molar refractivity (Wildman–Crippen MR) is 76.6 cm³/mol. The summed E-state index contributed by atoms with van der Waals surface area (Å²) in [7, 11) is 0. The van der Waals surface area contributed by atoms with Crippen LogP contribution in [0, 0.1) is 11.3 Å². The molecule has 1 amide bonds. The highest BCUT2D eigenvalue weighted by Gasteiger charge is 2.57. The second kappa shape index (κ2) is 5.39. The van der Waals surface area contributed by atoms with Crippen molar-refractivity contribution in [1.82, 2.24) is 5.32 Å². The normalized spacial score (nSPS) is 23.5. The maximum absolute atomic E-state index is 12.1. The predicted octanol–water partition coefficient (Wildman–Crippen LogP) is 2.14. The smallest absolute Gasteiger partial charge is 0.228 e. The third kappa shape index (κ3) is 2.85. The minimum atomic E-state index is 0. The average Bonchev–Trinajstić information content (AvgIpc) is 3.04. The molecule has 0 aromatic heterocycles. The number of halogens is 1. The van der Waals surface area contributed by atoms with Gasteiger partial charge in [0.05, 0.1) is 0 Å². The van der Waals surface area contributed by atoms with Gasteiger partial charge in [-0.3, -0.25) is 4.79 Å². The Morgan fingerprint density at radius 2 is 2.11 bits per heavy atom. The van der Waals surface area contributed by atoms with Crippen molar-refractivity contribution in [2.75, 3.05) is 18.4 Å². The highest BCUT2D eigenvalue weighted by molar-refractivity contribution is 5.95. The highest BCUT2D eigenvalue weighted by Crippen LogP contribution is 2.58. The maximum atomic E-state index is 12.1. The first-order valence-electron chi connectivity index (χ1n) is 6.50. The Bertz CT molecular complexity index is 472. The summed E-state index contributed by atoms with van der Waals surface area (Å²) in [5.74, 6) is 0.435. The van der Waals surface area contributed by atoms with Crippen LogP contribution in [-0.4, -0.2) is 24.1 Å². The molecule has 19 heavy (non-hydrogen) atoms. The minimum absolute atomic E-state index is 0. The molecule has 1 aliphatic carbocycles. The lowest BCUT2D eigenvalue weighted by Crippen LogP contribution is -2.31. The Balaban J connectivity index is 0.00000133. The fourth-order valence-corrected chi connectivity index (χ4v) is 3.01. The first kappa shape index (κ1) is 14.2. The molecule has 1 saturated carbocycles. The van der Waals surface area contributed by atoms with E-state index in [9.17, 15) is 9.90 Å². The van der Waals surface area contributed by atoms with Gasteiger partial charge in [0.2, 0.25) is 5.91 Å². The molecule has 1 aromatic carbocycles. The van der Waals surface area contributed by atoms with Crippen molar-refractivity contribution < 1.29 is 9.90 Å². The number of piperidine rings is 1. The fourth-order valence-electron chi connectivity index (χ4n) is 3.01. The van der Waals surface area contributed by atoms with E-state index < -0.39 is 0 Å². The third-order valence-electron chi connectivity index (χ3n) is 4.22. The molecule has 1 heterocycles. The number of aromatic hydroxyl groups is 1. The van der Waals surface area contributed by atoms with Crippen LogP contribution in [0.4, 0.5) is 5.69 Å². The van der Waals surface area contributed by atoms with Gasteiger partial charge in [0, 0.05) is 17.7 Å². The van der Waals surface area contributed by atoms with Crippen LogP contribution < -0.4 is 10.6 Å². The second-order valence-corrected chi connectivity index (χ2v) is 5.41. The second-order valence-electron chi connectivity index (χ2n) is 5.41. The first-order valence-corrected chi connectivity index (χ1v) is 6.50. The van der Waals surface area contributed by atoms with Gasteiger partial charge in [0.25, 0.3) is 0 Å². The van der Waals surface area contributed by atoms with Gasteiger partial charge in [0.15, 0.2) is 0 Å².